The molecule has 0 saturated heterocycles. The first kappa shape index (κ1) is 12.4. The molecule has 0 aliphatic carbocycles. The number of aromatic nitrogens is 4. The van der Waals surface area contributed by atoms with E-state index in [0.29, 0.717) is 21.5 Å². The number of aromatic amines is 1. The molecule has 6 heteroatoms. The van der Waals surface area contributed by atoms with Gasteiger partial charge in [-0.1, -0.05) is 53.7 Å². The maximum Gasteiger partial charge on any atom is 0.191 e. The van der Waals surface area contributed by atoms with Crippen molar-refractivity contribution in [2.45, 2.75) is 17.8 Å². The van der Waals surface area contributed by atoms with Gasteiger partial charge in [0.05, 0.1) is 0 Å². The average molecular weight is 291 g/mol. The van der Waals surface area contributed by atoms with Gasteiger partial charge >= 0.3 is 0 Å². The zero-order valence-electron chi connectivity index (χ0n) is 10.2. The van der Waals surface area contributed by atoms with Crippen LogP contribution in [0.1, 0.15) is 11.4 Å². The van der Waals surface area contributed by atoms with E-state index in [1.807, 2.05) is 25.1 Å². The number of nitrogens with one attached hydrogen (secondary N) is 1. The number of thioether (sulfide) groups is 1. The number of aryl methyl sites for hydroxylation is 1. The summed E-state index contributed by atoms with van der Waals surface area (Å²) in [6, 6.07) is 10.2. The maximum absolute atomic E-state index is 6.12. The number of H-pyrrole nitrogens is 1. The molecule has 0 aliphatic rings. The lowest BCUT2D eigenvalue weighted by molar-refractivity contribution is 0.992. The molecular formula is C13H11ClN4S. The standard InChI is InChI=1S/C13H11ClN4S/c1-8-15-10-11(14)17-13(18-12(10)16-8)19-7-9-5-3-2-4-6-9/h2-6H,7H2,1H3,(H,15,16,17,18). The van der Waals surface area contributed by atoms with Crippen LogP contribution in [0.4, 0.5) is 0 Å². The molecule has 1 aromatic carbocycles. The molecule has 3 rings (SSSR count). The molecule has 0 bridgehead atoms. The van der Waals surface area contributed by atoms with Crippen LogP contribution < -0.4 is 0 Å². The first-order chi connectivity index (χ1) is 9.22. The van der Waals surface area contributed by atoms with Gasteiger partial charge in [0.1, 0.15) is 11.3 Å². The Bertz CT molecular complexity index is 711. The van der Waals surface area contributed by atoms with Crippen LogP contribution in [0.5, 0.6) is 0 Å². The average Bonchev–Trinajstić information content (AvgIpc) is 2.79. The van der Waals surface area contributed by atoms with Crippen LogP contribution in [0.15, 0.2) is 35.5 Å². The second-order valence-electron chi connectivity index (χ2n) is 4.09. The van der Waals surface area contributed by atoms with E-state index in [4.69, 9.17) is 11.6 Å². The number of nitrogens with zero attached hydrogens (tertiary/aromatic N) is 3. The van der Waals surface area contributed by atoms with E-state index in [9.17, 15) is 0 Å². The van der Waals surface area contributed by atoms with Gasteiger partial charge in [-0.05, 0) is 12.5 Å². The van der Waals surface area contributed by atoms with Gasteiger partial charge in [-0.25, -0.2) is 15.0 Å². The summed E-state index contributed by atoms with van der Waals surface area (Å²) in [5.74, 6) is 1.60. The predicted octanol–water partition coefficient (Wildman–Crippen LogP) is 3.61. The van der Waals surface area contributed by atoms with Gasteiger partial charge in [0.2, 0.25) is 0 Å². The monoisotopic (exact) mass is 290 g/mol. The number of hydrogen-bond acceptors (Lipinski definition) is 4. The fraction of sp³-hybridized carbons (Fsp3) is 0.154. The molecule has 19 heavy (non-hydrogen) atoms. The SMILES string of the molecule is Cc1nc2nc(SCc3ccccc3)nc(Cl)c2[nH]1. The highest BCUT2D eigenvalue weighted by Gasteiger charge is 2.10. The van der Waals surface area contributed by atoms with Crippen LogP contribution in [-0.2, 0) is 5.75 Å². The number of fused-ring (bicyclic) bond motifs is 1. The van der Waals surface area contributed by atoms with E-state index in [0.717, 1.165) is 11.6 Å². The van der Waals surface area contributed by atoms with Crippen LogP contribution in [-0.4, -0.2) is 19.9 Å². The Hall–Kier alpha value is -1.59. The lowest BCUT2D eigenvalue weighted by Crippen LogP contribution is -1.90. The summed E-state index contributed by atoms with van der Waals surface area (Å²) in [6.07, 6.45) is 0. The highest BCUT2D eigenvalue weighted by Crippen LogP contribution is 2.24. The Morgan fingerprint density at radius 2 is 1.95 bits per heavy atom. The molecule has 0 unspecified atom stereocenters. The van der Waals surface area contributed by atoms with Crippen molar-refractivity contribution >= 4 is 34.5 Å². The maximum atomic E-state index is 6.12. The summed E-state index contributed by atoms with van der Waals surface area (Å²) in [7, 11) is 0. The Labute approximate surface area is 119 Å². The molecule has 2 heterocycles. The Balaban J connectivity index is 1.85. The molecule has 4 nitrogen and oxygen atoms in total. The van der Waals surface area contributed by atoms with Crippen molar-refractivity contribution in [3.8, 4) is 0 Å². The largest absolute Gasteiger partial charge is 0.338 e. The van der Waals surface area contributed by atoms with Crippen molar-refractivity contribution < 1.29 is 0 Å². The van der Waals surface area contributed by atoms with E-state index < -0.39 is 0 Å². The highest BCUT2D eigenvalue weighted by molar-refractivity contribution is 7.98. The van der Waals surface area contributed by atoms with Gasteiger partial charge < -0.3 is 4.98 Å². The van der Waals surface area contributed by atoms with Crippen molar-refractivity contribution in [3.05, 3.63) is 46.9 Å². The first-order valence-electron chi connectivity index (χ1n) is 5.79. The summed E-state index contributed by atoms with van der Waals surface area (Å²) in [6.45, 7) is 1.87. The summed E-state index contributed by atoms with van der Waals surface area (Å²) in [5.41, 5.74) is 2.54. The van der Waals surface area contributed by atoms with Crippen LogP contribution >= 0.6 is 23.4 Å². The summed E-state index contributed by atoms with van der Waals surface area (Å²) >= 11 is 7.67. The third-order valence-corrected chi connectivity index (χ3v) is 3.81. The highest BCUT2D eigenvalue weighted by atomic mass is 35.5. The number of benzene rings is 1. The minimum Gasteiger partial charge on any atom is -0.338 e. The van der Waals surface area contributed by atoms with Crippen LogP contribution in [0.25, 0.3) is 11.2 Å². The minimum atomic E-state index is 0.418. The third-order valence-electron chi connectivity index (χ3n) is 2.62. The van der Waals surface area contributed by atoms with Gasteiger partial charge in [0, 0.05) is 5.75 Å². The quantitative estimate of drug-likeness (QED) is 0.455. The fourth-order valence-electron chi connectivity index (χ4n) is 1.75. The van der Waals surface area contributed by atoms with Gasteiger partial charge in [-0.2, -0.15) is 0 Å². The molecule has 96 valence electrons. The molecule has 1 N–H and O–H groups in total. The lowest BCUT2D eigenvalue weighted by Gasteiger charge is -2.01. The molecular weight excluding hydrogens is 280 g/mol. The van der Waals surface area contributed by atoms with Crippen LogP contribution in [0.3, 0.4) is 0 Å². The summed E-state index contributed by atoms with van der Waals surface area (Å²) in [5, 5.41) is 1.06. The number of halogens is 1. The summed E-state index contributed by atoms with van der Waals surface area (Å²) in [4.78, 5) is 16.0. The lowest BCUT2D eigenvalue weighted by atomic mass is 10.2. The van der Waals surface area contributed by atoms with Crippen molar-refractivity contribution in [1.82, 2.24) is 19.9 Å². The fourth-order valence-corrected chi connectivity index (χ4v) is 2.80. The minimum absolute atomic E-state index is 0.418. The molecule has 0 fully saturated rings. The van der Waals surface area contributed by atoms with E-state index in [1.54, 1.807) is 11.8 Å². The van der Waals surface area contributed by atoms with Gasteiger partial charge in [0.25, 0.3) is 0 Å². The third kappa shape index (κ3) is 2.72. The van der Waals surface area contributed by atoms with E-state index in [1.165, 1.54) is 5.56 Å². The molecule has 3 aromatic rings. The van der Waals surface area contributed by atoms with Crippen molar-refractivity contribution in [1.29, 1.82) is 0 Å². The zero-order valence-corrected chi connectivity index (χ0v) is 11.8. The normalized spacial score (nSPS) is 11.1. The van der Waals surface area contributed by atoms with Gasteiger partial charge in [-0.3, -0.25) is 0 Å². The number of rotatable bonds is 3. The van der Waals surface area contributed by atoms with E-state index in [-0.39, 0.29) is 0 Å². The number of hydrogen-bond donors (Lipinski definition) is 1. The predicted molar refractivity (Wildman–Crippen MR) is 77.4 cm³/mol. The van der Waals surface area contributed by atoms with Crippen molar-refractivity contribution in [3.63, 3.8) is 0 Å². The Kier molecular flexibility index (Phi) is 3.40. The second-order valence-corrected chi connectivity index (χ2v) is 5.39. The van der Waals surface area contributed by atoms with Crippen LogP contribution in [0.2, 0.25) is 5.15 Å². The Morgan fingerprint density at radius 3 is 2.74 bits per heavy atom. The zero-order chi connectivity index (χ0) is 13.2. The Morgan fingerprint density at radius 1 is 1.16 bits per heavy atom. The van der Waals surface area contributed by atoms with Crippen molar-refractivity contribution in [2.75, 3.05) is 0 Å². The van der Waals surface area contributed by atoms with Gasteiger partial charge in [0.15, 0.2) is 16.0 Å². The topological polar surface area (TPSA) is 54.5 Å². The molecule has 0 aliphatic heterocycles. The molecule has 0 spiro atoms. The molecule has 0 amide bonds. The molecule has 0 atom stereocenters. The first-order valence-corrected chi connectivity index (χ1v) is 7.15. The molecule has 0 saturated carbocycles. The second kappa shape index (κ2) is 5.19. The van der Waals surface area contributed by atoms with Gasteiger partial charge in [-0.15, -0.1) is 0 Å². The van der Waals surface area contributed by atoms with Crippen LogP contribution in [0, 0.1) is 6.92 Å². The molecule has 0 radical (unpaired) electrons. The van der Waals surface area contributed by atoms with E-state index >= 15 is 0 Å². The van der Waals surface area contributed by atoms with E-state index in [2.05, 4.69) is 32.1 Å². The smallest absolute Gasteiger partial charge is 0.191 e. The van der Waals surface area contributed by atoms with Crippen molar-refractivity contribution in [2.24, 2.45) is 0 Å². The summed E-state index contributed by atoms with van der Waals surface area (Å²) < 4.78 is 0. The number of imidazole rings is 1. The molecule has 2 aromatic heterocycles.